The SMILES string of the molecule is CC[C@@]1(C(=O)OC(C)(C)C)[C@H]2C[C@H](O)[C@H](C2)N1C(=O)O. The molecule has 20 heavy (non-hydrogen) atoms. The second-order valence-corrected chi connectivity index (χ2v) is 6.74. The van der Waals surface area contributed by atoms with Crippen molar-refractivity contribution in [1.82, 2.24) is 4.90 Å². The van der Waals surface area contributed by atoms with E-state index in [0.717, 1.165) is 4.90 Å². The monoisotopic (exact) mass is 285 g/mol. The summed E-state index contributed by atoms with van der Waals surface area (Å²) in [6.45, 7) is 7.09. The van der Waals surface area contributed by atoms with Gasteiger partial charge in [-0.25, -0.2) is 9.59 Å². The van der Waals surface area contributed by atoms with Crippen molar-refractivity contribution in [3.63, 3.8) is 0 Å². The predicted molar refractivity (Wildman–Crippen MR) is 71.2 cm³/mol. The summed E-state index contributed by atoms with van der Waals surface area (Å²) >= 11 is 0. The first kappa shape index (κ1) is 15.1. The van der Waals surface area contributed by atoms with Crippen LogP contribution >= 0.6 is 0 Å². The van der Waals surface area contributed by atoms with Gasteiger partial charge >= 0.3 is 12.1 Å². The van der Waals surface area contributed by atoms with Gasteiger partial charge in [-0.1, -0.05) is 6.92 Å². The Morgan fingerprint density at radius 3 is 2.40 bits per heavy atom. The minimum absolute atomic E-state index is 0.168. The number of fused-ring (bicyclic) bond motifs is 2. The van der Waals surface area contributed by atoms with Crippen LogP contribution in [0.25, 0.3) is 0 Å². The third-order valence-electron chi connectivity index (χ3n) is 4.43. The molecule has 0 aromatic carbocycles. The maximum atomic E-state index is 12.6. The quantitative estimate of drug-likeness (QED) is 0.753. The molecule has 2 fully saturated rings. The predicted octanol–water partition coefficient (Wildman–Crippen LogP) is 1.61. The van der Waals surface area contributed by atoms with Crippen LogP contribution in [-0.2, 0) is 9.53 Å². The number of aliphatic hydroxyl groups excluding tert-OH is 1. The van der Waals surface area contributed by atoms with E-state index in [2.05, 4.69) is 0 Å². The molecule has 0 unspecified atom stereocenters. The van der Waals surface area contributed by atoms with E-state index in [1.165, 1.54) is 0 Å². The van der Waals surface area contributed by atoms with Crippen LogP contribution in [0.1, 0.15) is 47.0 Å². The summed E-state index contributed by atoms with van der Waals surface area (Å²) in [4.78, 5) is 25.3. The van der Waals surface area contributed by atoms with Gasteiger partial charge in [0.25, 0.3) is 0 Å². The number of carboxylic acid groups (broad SMARTS) is 1. The molecule has 0 aromatic heterocycles. The lowest BCUT2D eigenvalue weighted by Gasteiger charge is -2.45. The maximum absolute atomic E-state index is 12.6. The van der Waals surface area contributed by atoms with Crippen LogP contribution in [0, 0.1) is 5.92 Å². The van der Waals surface area contributed by atoms with Crippen molar-refractivity contribution in [2.75, 3.05) is 0 Å². The number of esters is 1. The molecule has 1 aliphatic carbocycles. The third kappa shape index (κ3) is 2.06. The summed E-state index contributed by atoms with van der Waals surface area (Å²) in [7, 11) is 0. The molecule has 1 amide bonds. The van der Waals surface area contributed by atoms with E-state index in [1.54, 1.807) is 27.7 Å². The van der Waals surface area contributed by atoms with Crippen LogP contribution < -0.4 is 0 Å². The van der Waals surface area contributed by atoms with Crippen LogP contribution in [0.2, 0.25) is 0 Å². The minimum atomic E-state index is -1.16. The summed E-state index contributed by atoms with van der Waals surface area (Å²) in [5, 5.41) is 19.4. The van der Waals surface area contributed by atoms with Crippen molar-refractivity contribution in [2.24, 2.45) is 5.92 Å². The fraction of sp³-hybridized carbons (Fsp3) is 0.857. The minimum Gasteiger partial charge on any atom is -0.465 e. The Morgan fingerprint density at radius 1 is 1.35 bits per heavy atom. The van der Waals surface area contributed by atoms with Crippen molar-refractivity contribution in [3.8, 4) is 0 Å². The molecular formula is C14H23NO5. The number of piperidine rings is 1. The lowest BCUT2D eigenvalue weighted by atomic mass is 9.80. The van der Waals surface area contributed by atoms with Crippen molar-refractivity contribution in [2.45, 2.75) is 70.2 Å². The average molecular weight is 285 g/mol. The van der Waals surface area contributed by atoms with Gasteiger partial charge < -0.3 is 14.9 Å². The van der Waals surface area contributed by atoms with Crippen LogP contribution in [0.4, 0.5) is 4.79 Å². The summed E-state index contributed by atoms with van der Waals surface area (Å²) in [6, 6.07) is -0.495. The highest BCUT2D eigenvalue weighted by Gasteiger charge is 2.66. The normalized spacial score (nSPS) is 36.2. The molecule has 1 heterocycles. The van der Waals surface area contributed by atoms with E-state index >= 15 is 0 Å². The summed E-state index contributed by atoms with van der Waals surface area (Å²) in [6.07, 6.45) is -0.494. The van der Waals surface area contributed by atoms with E-state index in [4.69, 9.17) is 4.74 Å². The summed E-state index contributed by atoms with van der Waals surface area (Å²) in [5.41, 5.74) is -1.81. The van der Waals surface area contributed by atoms with Crippen molar-refractivity contribution >= 4 is 12.1 Å². The molecule has 2 aliphatic rings. The Labute approximate surface area is 118 Å². The van der Waals surface area contributed by atoms with Gasteiger partial charge in [-0.15, -0.1) is 0 Å². The molecule has 4 atom stereocenters. The van der Waals surface area contributed by atoms with Crippen LogP contribution in [0.15, 0.2) is 0 Å². The molecule has 6 nitrogen and oxygen atoms in total. The number of ether oxygens (including phenoxy) is 1. The van der Waals surface area contributed by atoms with Gasteiger partial charge in [0, 0.05) is 0 Å². The molecular weight excluding hydrogens is 262 g/mol. The highest BCUT2D eigenvalue weighted by molar-refractivity contribution is 5.87. The Balaban J connectivity index is 2.38. The van der Waals surface area contributed by atoms with E-state index < -0.39 is 35.3 Å². The topological polar surface area (TPSA) is 87.1 Å². The number of nitrogens with zero attached hydrogens (tertiary/aromatic N) is 1. The van der Waals surface area contributed by atoms with Gasteiger partial charge in [-0.3, -0.25) is 4.90 Å². The van der Waals surface area contributed by atoms with Crippen LogP contribution in [-0.4, -0.2) is 50.5 Å². The molecule has 114 valence electrons. The highest BCUT2D eigenvalue weighted by atomic mass is 16.6. The molecule has 2 N–H and O–H groups in total. The average Bonchev–Trinajstić information content (AvgIpc) is 2.80. The van der Waals surface area contributed by atoms with Crippen molar-refractivity contribution in [3.05, 3.63) is 0 Å². The Morgan fingerprint density at radius 2 is 1.95 bits per heavy atom. The number of likely N-dealkylation sites (tertiary alicyclic amines) is 1. The number of rotatable bonds is 2. The van der Waals surface area contributed by atoms with E-state index in [1.807, 2.05) is 0 Å². The number of carbonyl (C=O) groups is 2. The van der Waals surface area contributed by atoms with Gasteiger partial charge in [0.2, 0.25) is 0 Å². The van der Waals surface area contributed by atoms with Gasteiger partial charge in [-0.2, -0.15) is 0 Å². The van der Waals surface area contributed by atoms with Gasteiger partial charge in [0.15, 0.2) is 0 Å². The molecule has 1 saturated carbocycles. The van der Waals surface area contributed by atoms with E-state index in [0.29, 0.717) is 19.3 Å². The molecule has 2 rings (SSSR count). The zero-order valence-corrected chi connectivity index (χ0v) is 12.4. The number of amides is 1. The lowest BCUT2D eigenvalue weighted by molar-refractivity contribution is -0.174. The van der Waals surface area contributed by atoms with Crippen molar-refractivity contribution in [1.29, 1.82) is 0 Å². The second kappa shape index (κ2) is 4.62. The number of hydrogen-bond acceptors (Lipinski definition) is 4. The van der Waals surface area contributed by atoms with E-state index in [-0.39, 0.29) is 5.92 Å². The first-order valence-corrected chi connectivity index (χ1v) is 7.07. The molecule has 2 bridgehead atoms. The van der Waals surface area contributed by atoms with Gasteiger partial charge in [0.05, 0.1) is 12.1 Å². The van der Waals surface area contributed by atoms with Gasteiger partial charge in [-0.05, 0) is 46.0 Å². The number of carbonyl (C=O) groups excluding carboxylic acids is 1. The second-order valence-electron chi connectivity index (χ2n) is 6.74. The Bertz CT molecular complexity index is 430. The molecule has 1 saturated heterocycles. The van der Waals surface area contributed by atoms with Crippen LogP contribution in [0.3, 0.4) is 0 Å². The molecule has 6 heteroatoms. The smallest absolute Gasteiger partial charge is 0.408 e. The number of aliphatic hydroxyl groups is 1. The molecule has 0 radical (unpaired) electrons. The number of hydrogen-bond donors (Lipinski definition) is 2. The lowest BCUT2D eigenvalue weighted by Crippen LogP contribution is -2.63. The zero-order chi connectivity index (χ0) is 15.3. The molecule has 0 spiro atoms. The van der Waals surface area contributed by atoms with E-state index in [9.17, 15) is 19.8 Å². The van der Waals surface area contributed by atoms with Crippen molar-refractivity contribution < 1.29 is 24.5 Å². The molecule has 1 aliphatic heterocycles. The first-order valence-electron chi connectivity index (χ1n) is 7.07. The first-order chi connectivity index (χ1) is 9.13. The summed E-state index contributed by atoms with van der Waals surface area (Å²) in [5.74, 6) is -0.659. The fourth-order valence-electron chi connectivity index (χ4n) is 3.70. The largest absolute Gasteiger partial charge is 0.465 e. The zero-order valence-electron chi connectivity index (χ0n) is 12.4. The van der Waals surface area contributed by atoms with Crippen LogP contribution in [0.5, 0.6) is 0 Å². The Hall–Kier alpha value is -1.30. The summed E-state index contributed by atoms with van der Waals surface area (Å²) < 4.78 is 5.46. The van der Waals surface area contributed by atoms with Gasteiger partial charge in [0.1, 0.15) is 11.1 Å². The highest BCUT2D eigenvalue weighted by Crippen LogP contribution is 2.51. The maximum Gasteiger partial charge on any atom is 0.408 e. The fourth-order valence-corrected chi connectivity index (χ4v) is 3.70. The standard InChI is InChI=1S/C14H23NO5/c1-5-14(11(17)20-13(2,3)4)8-6-9(10(16)7-8)15(14)12(18)19/h8-10,16H,5-7H2,1-4H3,(H,18,19)/t8-,9+,10+,14+/m1/s1. The molecule has 0 aromatic rings. The third-order valence-corrected chi connectivity index (χ3v) is 4.43. The Kier molecular flexibility index (Phi) is 3.48.